The number of thiazole rings is 1. The van der Waals surface area contributed by atoms with Crippen LogP contribution in [0.15, 0.2) is 84.8 Å². The molecule has 32 heavy (non-hydrogen) atoms. The van der Waals surface area contributed by atoms with Crippen molar-refractivity contribution >= 4 is 44.9 Å². The number of halogens is 1. The molecule has 0 atom stereocenters. The Hall–Kier alpha value is -3.08. The topological polar surface area (TPSA) is 16.4 Å². The minimum absolute atomic E-state index is 0.765. The van der Waals surface area contributed by atoms with Gasteiger partial charge in [-0.3, -0.25) is 0 Å². The molecule has 3 nitrogen and oxygen atoms in total. The molecule has 2 heterocycles. The highest BCUT2D eigenvalue weighted by Gasteiger charge is 2.25. The molecule has 0 N–H and O–H groups in total. The van der Waals surface area contributed by atoms with Gasteiger partial charge in [-0.25, -0.2) is 0 Å². The highest BCUT2D eigenvalue weighted by molar-refractivity contribution is 7.18. The van der Waals surface area contributed by atoms with Crippen molar-refractivity contribution in [2.24, 2.45) is 0 Å². The molecule has 1 aliphatic rings. The lowest BCUT2D eigenvalue weighted by Gasteiger charge is -2.15. The Morgan fingerprint density at radius 2 is 1.84 bits per heavy atom. The number of hydrogen-bond donors (Lipinski definition) is 0. The van der Waals surface area contributed by atoms with Crippen molar-refractivity contribution in [3.63, 3.8) is 0 Å². The molecule has 0 aliphatic carbocycles. The average Bonchev–Trinajstić information content (AvgIpc) is 3.35. The Labute approximate surface area is 197 Å². The predicted molar refractivity (Wildman–Crippen MR) is 135 cm³/mol. The highest BCUT2D eigenvalue weighted by Crippen LogP contribution is 2.41. The van der Waals surface area contributed by atoms with Gasteiger partial charge in [-0.15, -0.1) is 0 Å². The third-order valence-corrected chi connectivity index (χ3v) is 7.01. The number of fused-ring (bicyclic) bond motifs is 2. The van der Waals surface area contributed by atoms with Gasteiger partial charge in [-0.2, -0.15) is 4.57 Å². The molecule has 0 amide bonds. The zero-order chi connectivity index (χ0) is 22.1. The van der Waals surface area contributed by atoms with Crippen LogP contribution in [-0.2, 0) is 6.54 Å². The molecule has 0 fully saturated rings. The second-order valence-electron chi connectivity index (χ2n) is 7.56. The molecule has 1 aromatic heterocycles. The van der Waals surface area contributed by atoms with Crippen molar-refractivity contribution in [2.45, 2.75) is 20.4 Å². The third kappa shape index (κ3) is 3.81. The van der Waals surface area contributed by atoms with Gasteiger partial charge in [0, 0.05) is 23.7 Å². The lowest BCUT2D eigenvalue weighted by Crippen LogP contribution is -2.33. The number of benzene rings is 3. The highest BCUT2D eigenvalue weighted by atomic mass is 35.5. The minimum atomic E-state index is 0.765. The van der Waals surface area contributed by atoms with Crippen LogP contribution in [-0.4, -0.2) is 6.54 Å². The Morgan fingerprint density at radius 3 is 2.62 bits per heavy atom. The van der Waals surface area contributed by atoms with Crippen LogP contribution in [0, 0.1) is 0 Å². The molecule has 0 spiro atoms. The molecule has 1 aliphatic heterocycles. The van der Waals surface area contributed by atoms with Crippen LogP contribution in [0.2, 0.25) is 5.02 Å². The van der Waals surface area contributed by atoms with E-state index >= 15 is 0 Å². The van der Waals surface area contributed by atoms with Gasteiger partial charge >= 0.3 is 0 Å². The molecule has 4 aromatic rings. The summed E-state index contributed by atoms with van der Waals surface area (Å²) in [5, 5.41) is 1.95. The summed E-state index contributed by atoms with van der Waals surface area (Å²) in [6, 6.07) is 22.9. The van der Waals surface area contributed by atoms with Crippen molar-refractivity contribution in [1.82, 2.24) is 0 Å². The van der Waals surface area contributed by atoms with E-state index in [9.17, 15) is 0 Å². The molecule has 160 valence electrons. The maximum absolute atomic E-state index is 6.22. The first-order chi connectivity index (χ1) is 15.7. The van der Waals surface area contributed by atoms with Gasteiger partial charge in [-0.05, 0) is 61.4 Å². The number of hydrogen-bond acceptors (Lipinski definition) is 3. The first kappa shape index (κ1) is 20.8. The van der Waals surface area contributed by atoms with Gasteiger partial charge in [0.05, 0.1) is 5.69 Å². The van der Waals surface area contributed by atoms with Crippen molar-refractivity contribution < 1.29 is 9.30 Å². The number of aryl methyl sites for hydroxylation is 1. The second kappa shape index (κ2) is 8.81. The fourth-order valence-electron chi connectivity index (χ4n) is 4.10. The fourth-order valence-corrected chi connectivity index (χ4v) is 5.38. The standard InChI is InChI=1S/C27H24ClN2OS/c1-3-29-22-17-20(19-9-6-5-7-10-19)13-15-24(22)31-26(29)11-8-12-27-30(4-2)23-18-21(28)14-16-25(23)32-27/h5-18H,3-4H2,1-2H3/q+1. The Bertz CT molecular complexity index is 1340. The summed E-state index contributed by atoms with van der Waals surface area (Å²) in [4.78, 5) is 2.21. The van der Waals surface area contributed by atoms with Crippen LogP contribution in [0.3, 0.4) is 0 Å². The second-order valence-corrected chi connectivity index (χ2v) is 9.05. The zero-order valence-corrected chi connectivity index (χ0v) is 19.7. The molecule has 0 saturated heterocycles. The molecule has 0 saturated carbocycles. The summed E-state index contributed by atoms with van der Waals surface area (Å²) in [5.74, 6) is 1.74. The Kier molecular flexibility index (Phi) is 5.73. The van der Waals surface area contributed by atoms with Gasteiger partial charge in [0.15, 0.2) is 5.75 Å². The number of rotatable bonds is 5. The lowest BCUT2D eigenvalue weighted by atomic mass is 10.0. The van der Waals surface area contributed by atoms with E-state index in [0.717, 1.165) is 35.4 Å². The van der Waals surface area contributed by atoms with Gasteiger partial charge in [-0.1, -0.05) is 59.3 Å². The monoisotopic (exact) mass is 459 g/mol. The van der Waals surface area contributed by atoms with Crippen LogP contribution < -0.4 is 14.2 Å². The van der Waals surface area contributed by atoms with Crippen LogP contribution >= 0.6 is 22.9 Å². The van der Waals surface area contributed by atoms with Crippen molar-refractivity contribution in [1.29, 1.82) is 0 Å². The normalized spacial score (nSPS) is 14.5. The molecule has 0 unspecified atom stereocenters. The summed E-state index contributed by atoms with van der Waals surface area (Å²) in [6.45, 7) is 6.03. The van der Waals surface area contributed by atoms with Crippen molar-refractivity contribution in [3.05, 3.63) is 94.8 Å². The number of ether oxygens (including phenoxy) is 1. The van der Waals surface area contributed by atoms with E-state index in [1.165, 1.54) is 26.4 Å². The van der Waals surface area contributed by atoms with E-state index in [1.54, 1.807) is 11.3 Å². The molecule has 3 aromatic carbocycles. The van der Waals surface area contributed by atoms with E-state index in [1.807, 2.05) is 24.3 Å². The number of nitrogens with zero attached hydrogens (tertiary/aromatic N) is 2. The van der Waals surface area contributed by atoms with Crippen LogP contribution in [0.4, 0.5) is 5.69 Å². The predicted octanol–water partition coefficient (Wildman–Crippen LogP) is 7.30. The average molecular weight is 460 g/mol. The molecular formula is C27H24ClN2OS+. The number of allylic oxidation sites excluding steroid dienone is 2. The molecule has 0 radical (unpaired) electrons. The summed E-state index contributed by atoms with van der Waals surface area (Å²) in [6.07, 6.45) is 6.26. The summed E-state index contributed by atoms with van der Waals surface area (Å²) < 4.78 is 9.71. The maximum atomic E-state index is 6.22. The first-order valence-corrected chi connectivity index (χ1v) is 12.0. The van der Waals surface area contributed by atoms with Gasteiger partial charge in [0.1, 0.15) is 11.2 Å². The third-order valence-electron chi connectivity index (χ3n) is 5.64. The zero-order valence-electron chi connectivity index (χ0n) is 18.1. The molecule has 5 heteroatoms. The van der Waals surface area contributed by atoms with Crippen LogP contribution in [0.1, 0.15) is 18.9 Å². The summed E-state index contributed by atoms with van der Waals surface area (Å²) in [5.41, 5.74) is 4.67. The number of aromatic nitrogens is 1. The Morgan fingerprint density at radius 1 is 1.00 bits per heavy atom. The largest absolute Gasteiger partial charge is 0.439 e. The first-order valence-electron chi connectivity index (χ1n) is 10.8. The van der Waals surface area contributed by atoms with Crippen LogP contribution in [0.5, 0.6) is 5.75 Å². The van der Waals surface area contributed by atoms with E-state index in [4.69, 9.17) is 16.3 Å². The number of anilines is 1. The van der Waals surface area contributed by atoms with E-state index in [-0.39, 0.29) is 0 Å². The SMILES string of the molecule is CCN1C(=CC=Cc2sc3ccc(Cl)cc3[n+]2CC)Oc2ccc(-c3ccccc3)cc21. The van der Waals surface area contributed by atoms with Crippen molar-refractivity contribution in [3.8, 4) is 16.9 Å². The van der Waals surface area contributed by atoms with E-state index < -0.39 is 0 Å². The van der Waals surface area contributed by atoms with Gasteiger partial charge in [0.25, 0.3) is 5.01 Å². The summed E-state index contributed by atoms with van der Waals surface area (Å²) >= 11 is 7.98. The molecule has 5 rings (SSSR count). The molecular weight excluding hydrogens is 436 g/mol. The maximum Gasteiger partial charge on any atom is 0.262 e. The smallest absolute Gasteiger partial charge is 0.262 e. The minimum Gasteiger partial charge on any atom is -0.439 e. The van der Waals surface area contributed by atoms with E-state index in [2.05, 4.69) is 84.0 Å². The van der Waals surface area contributed by atoms with Gasteiger partial charge < -0.3 is 9.64 Å². The lowest BCUT2D eigenvalue weighted by molar-refractivity contribution is -0.665. The van der Waals surface area contributed by atoms with E-state index in [0.29, 0.717) is 0 Å². The molecule has 0 bridgehead atoms. The Balaban J connectivity index is 1.44. The quantitative estimate of drug-likeness (QED) is 0.291. The van der Waals surface area contributed by atoms with Crippen molar-refractivity contribution in [2.75, 3.05) is 11.4 Å². The fraction of sp³-hybridized carbons (Fsp3) is 0.148. The van der Waals surface area contributed by atoms with Crippen LogP contribution in [0.25, 0.3) is 27.4 Å². The van der Waals surface area contributed by atoms with Gasteiger partial charge in [0.2, 0.25) is 11.4 Å². The summed E-state index contributed by atoms with van der Waals surface area (Å²) in [7, 11) is 0.